The molecule has 0 aliphatic carbocycles. The zero-order chi connectivity index (χ0) is 37.7. The summed E-state index contributed by atoms with van der Waals surface area (Å²) in [5.74, 6) is 2.55. The van der Waals surface area contributed by atoms with E-state index in [-0.39, 0.29) is 23.5 Å². The number of nitrogens with zero attached hydrogens (tertiary/aromatic N) is 13. The summed E-state index contributed by atoms with van der Waals surface area (Å²) in [5, 5.41) is 27.5. The highest BCUT2D eigenvalue weighted by Crippen LogP contribution is 2.32. The third kappa shape index (κ3) is 6.55. The Kier molecular flexibility index (Phi) is 8.69. The lowest BCUT2D eigenvalue weighted by Gasteiger charge is -2.14. The first kappa shape index (κ1) is 34.5. The monoisotopic (exact) mass is 711 g/mol. The lowest BCUT2D eigenvalue weighted by molar-refractivity contribution is 0.732. The molecule has 0 aliphatic rings. The van der Waals surface area contributed by atoms with Crippen molar-refractivity contribution in [2.24, 2.45) is 10.2 Å². The maximum Gasteiger partial charge on any atom is 0.257 e. The third-order valence-electron chi connectivity index (χ3n) is 8.59. The fourth-order valence-electron chi connectivity index (χ4n) is 6.18. The van der Waals surface area contributed by atoms with Gasteiger partial charge in [-0.2, -0.15) is 44.7 Å². The average Bonchev–Trinajstić information content (AvgIpc) is 3.81. The highest BCUT2D eigenvalue weighted by molar-refractivity contribution is 5.70. The predicted molar refractivity (Wildman–Crippen MR) is 204 cm³/mol. The van der Waals surface area contributed by atoms with Crippen LogP contribution in [0.4, 0.5) is 34.6 Å². The summed E-state index contributed by atoms with van der Waals surface area (Å²) >= 11 is 0. The summed E-state index contributed by atoms with van der Waals surface area (Å²) in [6.07, 6.45) is 3.55. The van der Waals surface area contributed by atoms with Gasteiger partial charge in [0.25, 0.3) is 11.9 Å². The summed E-state index contributed by atoms with van der Waals surface area (Å²) in [4.78, 5) is 13.7. The van der Waals surface area contributed by atoms with Crippen molar-refractivity contribution in [1.29, 1.82) is 0 Å². The van der Waals surface area contributed by atoms with Gasteiger partial charge in [-0.25, -0.2) is 9.36 Å². The summed E-state index contributed by atoms with van der Waals surface area (Å²) in [5.41, 5.74) is 30.0. The first-order chi connectivity index (χ1) is 25.3. The SMILES string of the molecule is Cc1cc(C)cc(-n2ncc(C)c2N=Nc2c(C)nn(-c3nc(C)nc(-n4nc(C)c(NNc5c(C)cnn5-c5cc(C)cc(C)c5)c4N)n3)c2N)c1. The molecule has 7 rings (SSSR count). The predicted octanol–water partition coefficient (Wildman–Crippen LogP) is 6.41. The molecule has 7 aromatic rings. The molecule has 0 bridgehead atoms. The van der Waals surface area contributed by atoms with E-state index in [0.717, 1.165) is 50.6 Å². The number of nitrogens with two attached hydrogens (primary N) is 2. The van der Waals surface area contributed by atoms with Gasteiger partial charge in [-0.15, -0.1) is 10.2 Å². The van der Waals surface area contributed by atoms with Crippen molar-refractivity contribution in [3.05, 3.63) is 99.4 Å². The van der Waals surface area contributed by atoms with E-state index in [4.69, 9.17) is 11.5 Å². The van der Waals surface area contributed by atoms with Crippen LogP contribution in [-0.4, -0.2) is 54.1 Å². The number of anilines is 4. The van der Waals surface area contributed by atoms with E-state index in [2.05, 4.69) is 94.5 Å². The molecular weight excluding hydrogens is 671 g/mol. The van der Waals surface area contributed by atoms with Gasteiger partial charge in [0, 0.05) is 11.1 Å². The van der Waals surface area contributed by atoms with Crippen LogP contribution in [0.1, 0.15) is 50.6 Å². The molecule has 0 saturated heterocycles. The second kappa shape index (κ2) is 13.3. The molecule has 0 aliphatic heterocycles. The van der Waals surface area contributed by atoms with Crippen LogP contribution >= 0.6 is 0 Å². The molecular formula is C36H41N17. The van der Waals surface area contributed by atoms with Crippen LogP contribution in [0.15, 0.2) is 59.0 Å². The Labute approximate surface area is 305 Å². The highest BCUT2D eigenvalue weighted by atomic mass is 15.5. The lowest BCUT2D eigenvalue weighted by Crippen LogP contribution is -2.16. The van der Waals surface area contributed by atoms with E-state index in [1.165, 1.54) is 9.36 Å². The van der Waals surface area contributed by atoms with E-state index in [1.54, 1.807) is 30.9 Å². The molecule has 6 N–H and O–H groups in total. The zero-order valence-corrected chi connectivity index (χ0v) is 31.1. The third-order valence-corrected chi connectivity index (χ3v) is 8.59. The van der Waals surface area contributed by atoms with Gasteiger partial charge in [0.1, 0.15) is 11.5 Å². The average molecular weight is 712 g/mol. The van der Waals surface area contributed by atoms with Crippen molar-refractivity contribution < 1.29 is 0 Å². The minimum Gasteiger partial charge on any atom is -0.382 e. The lowest BCUT2D eigenvalue weighted by atomic mass is 10.1. The number of aryl methyl sites for hydroxylation is 9. The van der Waals surface area contributed by atoms with Crippen LogP contribution in [0, 0.1) is 62.3 Å². The molecule has 0 amide bonds. The van der Waals surface area contributed by atoms with Gasteiger partial charge >= 0.3 is 0 Å². The first-order valence-electron chi connectivity index (χ1n) is 16.9. The van der Waals surface area contributed by atoms with Gasteiger partial charge in [0.05, 0.1) is 35.2 Å². The molecule has 5 heterocycles. The number of aromatic nitrogens is 11. The molecule has 270 valence electrons. The Bertz CT molecular complexity index is 2500. The van der Waals surface area contributed by atoms with Crippen molar-refractivity contribution in [3.8, 4) is 23.3 Å². The molecule has 17 heteroatoms. The standard InChI is InChI=1S/C36H41N17/c1-18-10-19(2)13-27(12-18)50-33(22(5)16-39-50)46-44-29-24(7)48-52(31(29)37)35-41-26(9)42-36(43-35)53-32(38)30(25(8)49-53)45-47-34-23(6)17-40-51(34)28-14-20(3)11-21(4)15-28/h10-17,44,46H,37-38H2,1-9H3. The van der Waals surface area contributed by atoms with Crippen LogP contribution < -0.4 is 22.3 Å². The second-order valence-corrected chi connectivity index (χ2v) is 13.3. The van der Waals surface area contributed by atoms with Crippen LogP contribution in [0.5, 0.6) is 0 Å². The van der Waals surface area contributed by atoms with Gasteiger partial charge in [0.15, 0.2) is 29.0 Å². The fourth-order valence-corrected chi connectivity index (χ4v) is 6.18. The maximum atomic E-state index is 6.66. The molecule has 0 atom stereocenters. The number of benzene rings is 2. The number of azo groups is 1. The highest BCUT2D eigenvalue weighted by Gasteiger charge is 2.22. The van der Waals surface area contributed by atoms with E-state index < -0.39 is 0 Å². The van der Waals surface area contributed by atoms with Gasteiger partial charge in [-0.3, -0.25) is 10.9 Å². The van der Waals surface area contributed by atoms with Gasteiger partial charge in [-0.05, 0) is 109 Å². The molecule has 2 aromatic carbocycles. The summed E-state index contributed by atoms with van der Waals surface area (Å²) in [6.45, 7) is 17.5. The minimum absolute atomic E-state index is 0.166. The molecule has 5 aromatic heterocycles. The molecule has 53 heavy (non-hydrogen) atoms. The van der Waals surface area contributed by atoms with E-state index >= 15 is 0 Å². The molecule has 0 unspecified atom stereocenters. The van der Waals surface area contributed by atoms with Crippen LogP contribution in [0.25, 0.3) is 23.3 Å². The summed E-state index contributed by atoms with van der Waals surface area (Å²) in [6, 6.07) is 12.5. The second-order valence-electron chi connectivity index (χ2n) is 13.3. The number of nitrogen functional groups attached to an aromatic ring is 2. The van der Waals surface area contributed by atoms with Crippen molar-refractivity contribution in [3.63, 3.8) is 0 Å². The Morgan fingerprint density at radius 3 is 1.70 bits per heavy atom. The number of hydrazine groups is 1. The smallest absolute Gasteiger partial charge is 0.257 e. The largest absolute Gasteiger partial charge is 0.382 e. The molecule has 0 saturated carbocycles. The van der Waals surface area contributed by atoms with E-state index in [0.29, 0.717) is 34.4 Å². The Morgan fingerprint density at radius 2 is 1.08 bits per heavy atom. The van der Waals surface area contributed by atoms with E-state index in [9.17, 15) is 0 Å². The normalized spacial score (nSPS) is 11.6. The zero-order valence-electron chi connectivity index (χ0n) is 31.1. The van der Waals surface area contributed by atoms with Crippen molar-refractivity contribution >= 4 is 34.6 Å². The summed E-state index contributed by atoms with van der Waals surface area (Å²) in [7, 11) is 0. The fraction of sp³-hybridized carbons (Fsp3) is 0.250. The van der Waals surface area contributed by atoms with Crippen LogP contribution in [0.2, 0.25) is 0 Å². The number of hydrogen-bond donors (Lipinski definition) is 4. The number of nitrogens with one attached hydrogen (secondary N) is 2. The maximum absolute atomic E-state index is 6.66. The molecule has 0 radical (unpaired) electrons. The van der Waals surface area contributed by atoms with Crippen molar-refractivity contribution in [2.75, 3.05) is 22.3 Å². The van der Waals surface area contributed by atoms with Gasteiger partial charge < -0.3 is 11.5 Å². The summed E-state index contributed by atoms with van der Waals surface area (Å²) < 4.78 is 6.44. The molecule has 0 spiro atoms. The van der Waals surface area contributed by atoms with Crippen molar-refractivity contribution in [1.82, 2.24) is 54.1 Å². The van der Waals surface area contributed by atoms with Crippen LogP contribution in [-0.2, 0) is 0 Å². The van der Waals surface area contributed by atoms with Crippen molar-refractivity contribution in [2.45, 2.75) is 62.3 Å². The Morgan fingerprint density at radius 1 is 0.547 bits per heavy atom. The topological polar surface area (TPSA) is 211 Å². The first-order valence-corrected chi connectivity index (χ1v) is 16.9. The van der Waals surface area contributed by atoms with E-state index in [1.807, 2.05) is 51.4 Å². The van der Waals surface area contributed by atoms with Crippen LogP contribution in [0.3, 0.4) is 0 Å². The molecule has 0 fully saturated rings. The number of hydrogen-bond acceptors (Lipinski definition) is 13. The Hall–Kier alpha value is -6.91. The quantitative estimate of drug-likeness (QED) is 0.0949. The minimum atomic E-state index is 0.166. The molecule has 17 nitrogen and oxygen atoms in total. The Balaban J connectivity index is 1.17. The number of rotatable bonds is 9. The van der Waals surface area contributed by atoms with Gasteiger partial charge in [-0.1, -0.05) is 12.1 Å². The van der Waals surface area contributed by atoms with Gasteiger partial charge in [0.2, 0.25) is 0 Å².